The molecule has 1 amide bonds. The monoisotopic (exact) mass is 287 g/mol. The molecule has 2 aromatic rings. The minimum Gasteiger partial charge on any atom is -0.481 e. The second-order valence-corrected chi connectivity index (χ2v) is 4.79. The van der Waals surface area contributed by atoms with Gasteiger partial charge in [0.25, 0.3) is 5.91 Å². The number of carbonyl (C=O) groups excluding carboxylic acids is 1. The number of aliphatic carboxylic acids is 1. The highest BCUT2D eigenvalue weighted by molar-refractivity contribution is 6.02. The number of benzene rings is 1. The molecule has 1 aromatic carbocycles. The van der Waals surface area contributed by atoms with Gasteiger partial charge in [0.15, 0.2) is 5.76 Å². The Bertz CT molecular complexity index is 655. The van der Waals surface area contributed by atoms with Crippen molar-refractivity contribution in [1.82, 2.24) is 0 Å². The zero-order valence-electron chi connectivity index (χ0n) is 12.0. The first-order valence-electron chi connectivity index (χ1n) is 6.71. The van der Waals surface area contributed by atoms with Gasteiger partial charge in [-0.25, -0.2) is 0 Å². The van der Waals surface area contributed by atoms with Gasteiger partial charge in [-0.3, -0.25) is 9.59 Å². The summed E-state index contributed by atoms with van der Waals surface area (Å²) in [6.45, 7) is 3.87. The van der Waals surface area contributed by atoms with Crippen LogP contribution in [0, 0.1) is 6.92 Å². The third kappa shape index (κ3) is 3.72. The molecule has 0 atom stereocenters. The number of carboxylic acids is 1. The molecule has 5 heteroatoms. The molecule has 0 aliphatic heterocycles. The first-order valence-corrected chi connectivity index (χ1v) is 6.71. The summed E-state index contributed by atoms with van der Waals surface area (Å²) in [4.78, 5) is 22.7. The molecule has 0 saturated carbocycles. The van der Waals surface area contributed by atoms with E-state index >= 15 is 0 Å². The third-order valence-electron chi connectivity index (χ3n) is 3.13. The Kier molecular flexibility index (Phi) is 4.42. The molecule has 0 spiro atoms. The van der Waals surface area contributed by atoms with Gasteiger partial charge in [0.1, 0.15) is 5.76 Å². The van der Waals surface area contributed by atoms with Crippen LogP contribution in [-0.4, -0.2) is 17.0 Å². The number of nitrogens with one attached hydrogen (secondary N) is 1. The molecule has 1 aromatic heterocycles. The van der Waals surface area contributed by atoms with E-state index < -0.39 is 5.97 Å². The van der Waals surface area contributed by atoms with Crippen LogP contribution in [0.3, 0.4) is 0 Å². The molecule has 0 radical (unpaired) electrons. The van der Waals surface area contributed by atoms with Crippen LogP contribution < -0.4 is 5.32 Å². The number of rotatable bonds is 5. The van der Waals surface area contributed by atoms with Gasteiger partial charge < -0.3 is 14.8 Å². The highest BCUT2D eigenvalue weighted by Crippen LogP contribution is 2.17. The molecule has 110 valence electrons. The average Bonchev–Trinajstić information content (AvgIpc) is 2.82. The van der Waals surface area contributed by atoms with E-state index in [4.69, 9.17) is 9.52 Å². The van der Waals surface area contributed by atoms with Crippen molar-refractivity contribution in [3.05, 3.63) is 53.0 Å². The Hall–Kier alpha value is -2.56. The van der Waals surface area contributed by atoms with E-state index in [-0.39, 0.29) is 18.1 Å². The fraction of sp³-hybridized carbons (Fsp3) is 0.250. The summed E-state index contributed by atoms with van der Waals surface area (Å²) in [5.41, 5.74) is 2.24. The molecule has 2 N–H and O–H groups in total. The van der Waals surface area contributed by atoms with E-state index in [0.717, 1.165) is 17.7 Å². The van der Waals surface area contributed by atoms with Crippen LogP contribution in [0.1, 0.15) is 34.4 Å². The van der Waals surface area contributed by atoms with Crippen LogP contribution in [0.15, 0.2) is 34.7 Å². The highest BCUT2D eigenvalue weighted by Gasteiger charge is 2.13. The first kappa shape index (κ1) is 14.8. The van der Waals surface area contributed by atoms with Crippen molar-refractivity contribution in [2.75, 3.05) is 5.32 Å². The van der Waals surface area contributed by atoms with Crippen molar-refractivity contribution in [3.8, 4) is 0 Å². The van der Waals surface area contributed by atoms with Gasteiger partial charge in [0, 0.05) is 12.1 Å². The van der Waals surface area contributed by atoms with Crippen molar-refractivity contribution in [2.24, 2.45) is 0 Å². The van der Waals surface area contributed by atoms with Crippen molar-refractivity contribution in [1.29, 1.82) is 0 Å². The standard InChI is InChI=1S/C16H17NO4/c1-3-13-10(2)8-14(21-13)16(20)17-12-6-4-11(5-7-12)9-15(18)19/h4-8H,3,9H2,1-2H3,(H,17,20)(H,18,19). The van der Waals surface area contributed by atoms with Gasteiger partial charge >= 0.3 is 5.97 Å². The minimum absolute atomic E-state index is 0.0362. The molecule has 0 aliphatic rings. The molecule has 0 unspecified atom stereocenters. The lowest BCUT2D eigenvalue weighted by atomic mass is 10.1. The number of aryl methyl sites for hydroxylation is 2. The van der Waals surface area contributed by atoms with E-state index in [1.165, 1.54) is 0 Å². The second kappa shape index (κ2) is 6.26. The summed E-state index contributed by atoms with van der Waals surface area (Å²) in [5.74, 6) is -0.121. The maximum atomic E-state index is 12.1. The normalized spacial score (nSPS) is 10.4. The molecule has 0 bridgehead atoms. The average molecular weight is 287 g/mol. The molecular formula is C16H17NO4. The molecule has 21 heavy (non-hydrogen) atoms. The number of amides is 1. The fourth-order valence-corrected chi connectivity index (χ4v) is 2.06. The van der Waals surface area contributed by atoms with Gasteiger partial charge in [-0.15, -0.1) is 0 Å². The number of hydrogen-bond donors (Lipinski definition) is 2. The van der Waals surface area contributed by atoms with Crippen molar-refractivity contribution >= 4 is 17.6 Å². The van der Waals surface area contributed by atoms with Crippen molar-refractivity contribution in [2.45, 2.75) is 26.7 Å². The predicted octanol–water partition coefficient (Wildman–Crippen LogP) is 3.03. The predicted molar refractivity (Wildman–Crippen MR) is 78.6 cm³/mol. The van der Waals surface area contributed by atoms with E-state index in [1.54, 1.807) is 30.3 Å². The summed E-state index contributed by atoms with van der Waals surface area (Å²) in [6.07, 6.45) is 0.703. The fourth-order valence-electron chi connectivity index (χ4n) is 2.06. The largest absolute Gasteiger partial charge is 0.481 e. The highest BCUT2D eigenvalue weighted by atomic mass is 16.4. The third-order valence-corrected chi connectivity index (χ3v) is 3.13. The maximum absolute atomic E-state index is 12.1. The van der Waals surface area contributed by atoms with E-state index in [1.807, 2.05) is 13.8 Å². The summed E-state index contributed by atoms with van der Waals surface area (Å²) < 4.78 is 5.48. The van der Waals surface area contributed by atoms with Crippen LogP contribution in [-0.2, 0) is 17.6 Å². The Morgan fingerprint density at radius 3 is 2.43 bits per heavy atom. The zero-order valence-corrected chi connectivity index (χ0v) is 12.0. The van der Waals surface area contributed by atoms with Gasteiger partial charge in [0.2, 0.25) is 0 Å². The SMILES string of the molecule is CCc1oc(C(=O)Nc2ccc(CC(=O)O)cc2)cc1C. The number of anilines is 1. The van der Waals surface area contributed by atoms with Crippen LogP contribution in [0.25, 0.3) is 0 Å². The smallest absolute Gasteiger partial charge is 0.307 e. The summed E-state index contributed by atoms with van der Waals surface area (Å²) in [6, 6.07) is 8.41. The quantitative estimate of drug-likeness (QED) is 0.885. The molecule has 5 nitrogen and oxygen atoms in total. The summed E-state index contributed by atoms with van der Waals surface area (Å²) in [5, 5.41) is 11.4. The number of furan rings is 1. The summed E-state index contributed by atoms with van der Waals surface area (Å²) >= 11 is 0. The number of carbonyl (C=O) groups is 2. The Balaban J connectivity index is 2.06. The lowest BCUT2D eigenvalue weighted by Crippen LogP contribution is -2.11. The minimum atomic E-state index is -0.884. The van der Waals surface area contributed by atoms with E-state index in [0.29, 0.717) is 11.3 Å². The first-order chi connectivity index (χ1) is 9.99. The topological polar surface area (TPSA) is 79.5 Å². The van der Waals surface area contributed by atoms with Gasteiger partial charge in [-0.2, -0.15) is 0 Å². The van der Waals surface area contributed by atoms with Gasteiger partial charge in [-0.05, 0) is 36.2 Å². The molecule has 0 saturated heterocycles. The second-order valence-electron chi connectivity index (χ2n) is 4.79. The lowest BCUT2D eigenvalue weighted by molar-refractivity contribution is -0.136. The van der Waals surface area contributed by atoms with Crippen LogP contribution in [0.5, 0.6) is 0 Å². The van der Waals surface area contributed by atoms with Crippen molar-refractivity contribution in [3.63, 3.8) is 0 Å². The lowest BCUT2D eigenvalue weighted by Gasteiger charge is -2.04. The van der Waals surface area contributed by atoms with Crippen LogP contribution in [0.4, 0.5) is 5.69 Å². The van der Waals surface area contributed by atoms with Gasteiger partial charge in [-0.1, -0.05) is 19.1 Å². The zero-order chi connectivity index (χ0) is 15.4. The molecule has 0 aliphatic carbocycles. The van der Waals surface area contributed by atoms with Crippen LogP contribution in [0.2, 0.25) is 0 Å². The van der Waals surface area contributed by atoms with E-state index in [2.05, 4.69) is 5.32 Å². The number of carboxylic acid groups (broad SMARTS) is 1. The molecule has 2 rings (SSSR count). The van der Waals surface area contributed by atoms with Gasteiger partial charge in [0.05, 0.1) is 6.42 Å². The van der Waals surface area contributed by atoms with Crippen molar-refractivity contribution < 1.29 is 19.1 Å². The maximum Gasteiger partial charge on any atom is 0.307 e. The summed E-state index contributed by atoms with van der Waals surface area (Å²) in [7, 11) is 0. The Morgan fingerprint density at radius 2 is 1.90 bits per heavy atom. The Morgan fingerprint density at radius 1 is 1.24 bits per heavy atom. The van der Waals surface area contributed by atoms with Crippen LogP contribution >= 0.6 is 0 Å². The number of hydrogen-bond acceptors (Lipinski definition) is 3. The molecular weight excluding hydrogens is 270 g/mol. The molecule has 0 fully saturated rings. The van der Waals surface area contributed by atoms with E-state index in [9.17, 15) is 9.59 Å². The molecule has 1 heterocycles. The Labute approximate surface area is 122 Å².